The molecule has 3 N–H and O–H groups in total. The van der Waals surface area contributed by atoms with Crippen LogP contribution in [0.1, 0.15) is 12.0 Å². The number of fused-ring (bicyclic) bond motifs is 1. The third kappa shape index (κ3) is 3.53. The molecule has 0 unspecified atom stereocenters. The molecule has 0 radical (unpaired) electrons. The third-order valence-corrected chi connectivity index (χ3v) is 5.37. The van der Waals surface area contributed by atoms with E-state index in [-0.39, 0.29) is 30.0 Å². The van der Waals surface area contributed by atoms with Crippen LogP contribution in [-0.4, -0.2) is 54.9 Å². The minimum Gasteiger partial charge on any atom is -0.376 e. The molecule has 1 aliphatic heterocycles. The largest absolute Gasteiger partial charge is 0.376 e. The van der Waals surface area contributed by atoms with Crippen LogP contribution in [0.5, 0.6) is 0 Å². The number of aromatic amines is 1. The van der Waals surface area contributed by atoms with Crippen molar-refractivity contribution in [2.45, 2.75) is 31.0 Å². The van der Waals surface area contributed by atoms with Crippen LogP contribution in [0.2, 0.25) is 0 Å². The van der Waals surface area contributed by atoms with Crippen LogP contribution < -0.4 is 21.3 Å². The molecule has 10 nitrogen and oxygen atoms in total. The number of aromatic nitrogens is 2. The van der Waals surface area contributed by atoms with Crippen molar-refractivity contribution >= 4 is 15.9 Å². The van der Waals surface area contributed by atoms with Gasteiger partial charge in [-0.25, -0.2) is 17.9 Å². The Bertz CT molecular complexity index is 905. The molecule has 25 heavy (non-hydrogen) atoms. The molecule has 3 rings (SSSR count). The molecule has 1 aliphatic carbocycles. The highest BCUT2D eigenvalue weighted by Crippen LogP contribution is 2.39. The topological polar surface area (TPSA) is 139 Å². The number of ether oxygens (including phenoxy) is 1. The Morgan fingerprint density at radius 2 is 2.12 bits per heavy atom. The fourth-order valence-electron chi connectivity index (χ4n) is 3.44. The SMILES string of the molecule is Cn1c(=O)[nH]cc(CC(=O)N[C@H]2[C@H]3CCO[C@H]3[C@@H]2NS(C)(=O)=O)c1=O. The van der Waals surface area contributed by atoms with Gasteiger partial charge in [0.05, 0.1) is 30.9 Å². The van der Waals surface area contributed by atoms with E-state index >= 15 is 0 Å². The minimum atomic E-state index is -3.44. The lowest BCUT2D eigenvalue weighted by Gasteiger charge is -2.47. The van der Waals surface area contributed by atoms with E-state index in [4.69, 9.17) is 4.74 Å². The number of rotatable bonds is 5. The normalized spacial score (nSPS) is 28.2. The first-order valence-electron chi connectivity index (χ1n) is 7.83. The van der Waals surface area contributed by atoms with Gasteiger partial charge in [0, 0.05) is 31.3 Å². The lowest BCUT2D eigenvalue weighted by atomic mass is 9.72. The number of nitrogens with one attached hydrogen (secondary N) is 3. The van der Waals surface area contributed by atoms with E-state index in [1.165, 1.54) is 13.2 Å². The lowest BCUT2D eigenvalue weighted by Crippen LogP contribution is -2.70. The van der Waals surface area contributed by atoms with E-state index in [1.54, 1.807) is 0 Å². The van der Waals surface area contributed by atoms with Crippen LogP contribution in [0, 0.1) is 5.92 Å². The molecule has 0 aromatic carbocycles. The summed E-state index contributed by atoms with van der Waals surface area (Å²) in [5.41, 5.74) is -0.942. The van der Waals surface area contributed by atoms with Crippen molar-refractivity contribution in [2.24, 2.45) is 13.0 Å². The average Bonchev–Trinajstić information content (AvgIpc) is 2.95. The van der Waals surface area contributed by atoms with Gasteiger partial charge in [-0.3, -0.25) is 14.2 Å². The number of carbonyl (C=O) groups is 1. The number of sulfonamides is 1. The average molecular weight is 372 g/mol. The summed E-state index contributed by atoms with van der Waals surface area (Å²) in [5, 5.41) is 2.78. The van der Waals surface area contributed by atoms with Crippen LogP contribution in [0.15, 0.2) is 15.8 Å². The van der Waals surface area contributed by atoms with Crippen molar-refractivity contribution in [3.05, 3.63) is 32.6 Å². The highest BCUT2D eigenvalue weighted by molar-refractivity contribution is 7.88. The van der Waals surface area contributed by atoms with Gasteiger partial charge in [0.2, 0.25) is 15.9 Å². The van der Waals surface area contributed by atoms with Gasteiger partial charge in [-0.05, 0) is 6.42 Å². The summed E-state index contributed by atoms with van der Waals surface area (Å²) in [6.45, 7) is 0.518. The lowest BCUT2D eigenvalue weighted by molar-refractivity contribution is -0.124. The second-order valence-corrected chi connectivity index (χ2v) is 8.24. The minimum absolute atomic E-state index is 0.0432. The molecule has 1 amide bonds. The fourth-order valence-corrected chi connectivity index (χ4v) is 4.22. The van der Waals surface area contributed by atoms with E-state index in [0.29, 0.717) is 6.61 Å². The summed E-state index contributed by atoms with van der Waals surface area (Å²) in [7, 11) is -2.12. The molecule has 1 saturated carbocycles. The van der Waals surface area contributed by atoms with E-state index in [0.717, 1.165) is 17.2 Å². The molecule has 138 valence electrons. The highest BCUT2D eigenvalue weighted by Gasteiger charge is 2.55. The standard InChI is InChI=1S/C14H20N4O6S/c1-18-13(20)7(6-15-14(18)21)5-9(19)16-10-8-3-4-24-12(8)11(10)17-25(2,22)23/h6,8,10-12,17H,3-5H2,1-2H3,(H,15,21)(H,16,19)/t8-,10+,11-,12-/m1/s1. The monoisotopic (exact) mass is 372 g/mol. The number of amides is 1. The van der Waals surface area contributed by atoms with Crippen LogP contribution in [-0.2, 0) is 33.0 Å². The molecule has 4 atom stereocenters. The van der Waals surface area contributed by atoms with Gasteiger partial charge < -0.3 is 15.0 Å². The van der Waals surface area contributed by atoms with Gasteiger partial charge in [0.25, 0.3) is 5.56 Å². The Kier molecular flexibility index (Phi) is 4.56. The summed E-state index contributed by atoms with van der Waals surface area (Å²) in [6.07, 6.45) is 2.56. The summed E-state index contributed by atoms with van der Waals surface area (Å²) in [6, 6.07) is -0.911. The van der Waals surface area contributed by atoms with E-state index < -0.39 is 33.2 Å². The van der Waals surface area contributed by atoms with Crippen molar-refractivity contribution in [3.8, 4) is 0 Å². The van der Waals surface area contributed by atoms with Gasteiger partial charge in [-0.2, -0.15) is 0 Å². The molecule has 2 heterocycles. The number of nitrogens with zero attached hydrogens (tertiary/aromatic N) is 1. The maximum absolute atomic E-state index is 12.3. The zero-order valence-electron chi connectivity index (χ0n) is 13.8. The van der Waals surface area contributed by atoms with E-state index in [9.17, 15) is 22.8 Å². The smallest absolute Gasteiger partial charge is 0.328 e. The summed E-state index contributed by atoms with van der Waals surface area (Å²) in [4.78, 5) is 38.0. The van der Waals surface area contributed by atoms with Crippen molar-refractivity contribution in [3.63, 3.8) is 0 Å². The maximum Gasteiger partial charge on any atom is 0.328 e. The quantitative estimate of drug-likeness (QED) is 0.519. The van der Waals surface area contributed by atoms with Crippen LogP contribution >= 0.6 is 0 Å². The first-order chi connectivity index (χ1) is 11.7. The van der Waals surface area contributed by atoms with Crippen molar-refractivity contribution in [1.29, 1.82) is 0 Å². The van der Waals surface area contributed by atoms with E-state index in [2.05, 4.69) is 15.0 Å². The number of hydrogen-bond acceptors (Lipinski definition) is 6. The molecule has 0 bridgehead atoms. The van der Waals surface area contributed by atoms with Crippen LogP contribution in [0.3, 0.4) is 0 Å². The number of carbonyl (C=O) groups excluding carboxylic acids is 1. The second kappa shape index (κ2) is 6.39. The Hall–Kier alpha value is -1.98. The molecule has 1 aromatic rings. The zero-order valence-corrected chi connectivity index (χ0v) is 14.6. The summed E-state index contributed by atoms with van der Waals surface area (Å²) < 4.78 is 31.9. The zero-order chi connectivity index (χ0) is 18.4. The number of hydrogen-bond donors (Lipinski definition) is 3. The van der Waals surface area contributed by atoms with Crippen molar-refractivity contribution < 1.29 is 17.9 Å². The van der Waals surface area contributed by atoms with Gasteiger partial charge in [0.1, 0.15) is 0 Å². The van der Waals surface area contributed by atoms with Crippen molar-refractivity contribution in [1.82, 2.24) is 19.6 Å². The molecule has 0 spiro atoms. The predicted octanol–water partition coefficient (Wildman–Crippen LogP) is -2.56. The fraction of sp³-hybridized carbons (Fsp3) is 0.643. The molecule has 2 fully saturated rings. The van der Waals surface area contributed by atoms with Crippen molar-refractivity contribution in [2.75, 3.05) is 12.9 Å². The Balaban J connectivity index is 1.70. The van der Waals surface area contributed by atoms with Gasteiger partial charge in [-0.1, -0.05) is 0 Å². The van der Waals surface area contributed by atoms with E-state index in [1.807, 2.05) is 0 Å². The maximum atomic E-state index is 12.3. The first-order valence-corrected chi connectivity index (χ1v) is 9.72. The van der Waals surface area contributed by atoms with Crippen LogP contribution in [0.4, 0.5) is 0 Å². The molecular formula is C14H20N4O6S. The molecule has 1 saturated heterocycles. The molecular weight excluding hydrogens is 352 g/mol. The predicted molar refractivity (Wildman–Crippen MR) is 87.6 cm³/mol. The third-order valence-electron chi connectivity index (χ3n) is 4.67. The first kappa shape index (κ1) is 17.8. The van der Waals surface area contributed by atoms with Gasteiger partial charge in [0.15, 0.2) is 0 Å². The number of H-pyrrole nitrogens is 1. The Morgan fingerprint density at radius 1 is 1.40 bits per heavy atom. The Labute approximate surface area is 143 Å². The van der Waals surface area contributed by atoms with Gasteiger partial charge >= 0.3 is 5.69 Å². The summed E-state index contributed by atoms with van der Waals surface area (Å²) >= 11 is 0. The summed E-state index contributed by atoms with van der Waals surface area (Å²) in [5.74, 6) is -0.374. The molecule has 2 aliphatic rings. The molecule has 1 aromatic heterocycles. The highest BCUT2D eigenvalue weighted by atomic mass is 32.2. The van der Waals surface area contributed by atoms with Crippen LogP contribution in [0.25, 0.3) is 0 Å². The second-order valence-electron chi connectivity index (χ2n) is 6.46. The molecule has 11 heteroatoms. The Morgan fingerprint density at radius 3 is 2.80 bits per heavy atom. The van der Waals surface area contributed by atoms with Gasteiger partial charge in [-0.15, -0.1) is 0 Å².